The molecule has 0 radical (unpaired) electrons. The maximum atomic E-state index is 4.29. The minimum atomic E-state index is 0.942. The van der Waals surface area contributed by atoms with Gasteiger partial charge in [-0.05, 0) is 6.07 Å². The average molecular weight is 235 g/mol. The van der Waals surface area contributed by atoms with Crippen LogP contribution in [0.3, 0.4) is 0 Å². The van der Waals surface area contributed by atoms with E-state index in [0.29, 0.717) is 0 Å². The van der Waals surface area contributed by atoms with E-state index in [-0.39, 0.29) is 0 Å². The van der Waals surface area contributed by atoms with E-state index in [1.54, 1.807) is 6.20 Å². The van der Waals surface area contributed by atoms with Crippen LogP contribution in [0.5, 0.6) is 0 Å². The number of aromatic nitrogens is 5. The van der Waals surface area contributed by atoms with Crippen LogP contribution >= 0.6 is 11.8 Å². The van der Waals surface area contributed by atoms with Gasteiger partial charge < -0.3 is 4.57 Å². The molecule has 0 spiro atoms. The highest BCUT2D eigenvalue weighted by Crippen LogP contribution is 2.21. The standard InChI is InChI=1S/C10H13N5S/c1-14-8(2-4-11-14)10-13-12-9-3-6-16-7-5-15(9)10/h2,4H,3,5-7H2,1H3. The molecule has 0 fully saturated rings. The number of hydrogen-bond acceptors (Lipinski definition) is 4. The summed E-state index contributed by atoms with van der Waals surface area (Å²) in [5, 5.41) is 12.7. The van der Waals surface area contributed by atoms with Gasteiger partial charge in [0.1, 0.15) is 11.5 Å². The first-order valence-corrected chi connectivity index (χ1v) is 6.50. The van der Waals surface area contributed by atoms with E-state index in [2.05, 4.69) is 19.9 Å². The van der Waals surface area contributed by atoms with Crippen LogP contribution in [0.2, 0.25) is 0 Å². The van der Waals surface area contributed by atoms with Gasteiger partial charge in [0.25, 0.3) is 0 Å². The van der Waals surface area contributed by atoms with Gasteiger partial charge in [0.15, 0.2) is 5.82 Å². The van der Waals surface area contributed by atoms with E-state index in [4.69, 9.17) is 0 Å². The molecule has 0 atom stereocenters. The summed E-state index contributed by atoms with van der Waals surface area (Å²) >= 11 is 1.98. The van der Waals surface area contributed by atoms with Crippen molar-refractivity contribution in [2.24, 2.45) is 7.05 Å². The van der Waals surface area contributed by atoms with Crippen LogP contribution < -0.4 is 0 Å². The highest BCUT2D eigenvalue weighted by Gasteiger charge is 2.17. The third kappa shape index (κ3) is 1.53. The van der Waals surface area contributed by atoms with Crippen LogP contribution in [0.4, 0.5) is 0 Å². The van der Waals surface area contributed by atoms with Crippen LogP contribution in [0, 0.1) is 0 Å². The highest BCUT2D eigenvalue weighted by atomic mass is 32.2. The molecule has 3 heterocycles. The molecule has 0 N–H and O–H groups in total. The molecule has 0 aliphatic carbocycles. The maximum absolute atomic E-state index is 4.29. The third-order valence-electron chi connectivity index (χ3n) is 2.81. The molecule has 3 rings (SSSR count). The number of fused-ring (bicyclic) bond motifs is 1. The van der Waals surface area contributed by atoms with Gasteiger partial charge in [0, 0.05) is 37.7 Å². The van der Waals surface area contributed by atoms with E-state index >= 15 is 0 Å². The molecule has 0 saturated heterocycles. The Labute approximate surface area is 97.9 Å². The minimum absolute atomic E-state index is 0.942. The molecule has 84 valence electrons. The van der Waals surface area contributed by atoms with Crippen molar-refractivity contribution in [2.45, 2.75) is 13.0 Å². The first-order chi connectivity index (χ1) is 7.86. The Hall–Kier alpha value is -1.30. The monoisotopic (exact) mass is 235 g/mol. The molecule has 0 aromatic carbocycles. The summed E-state index contributed by atoms with van der Waals surface area (Å²) in [4.78, 5) is 0. The Morgan fingerprint density at radius 1 is 1.31 bits per heavy atom. The van der Waals surface area contributed by atoms with Gasteiger partial charge in [-0.15, -0.1) is 10.2 Å². The Morgan fingerprint density at radius 3 is 3.06 bits per heavy atom. The predicted molar refractivity (Wildman–Crippen MR) is 63.3 cm³/mol. The van der Waals surface area contributed by atoms with E-state index in [9.17, 15) is 0 Å². The Morgan fingerprint density at radius 2 is 2.25 bits per heavy atom. The molecule has 1 aliphatic rings. The zero-order valence-corrected chi connectivity index (χ0v) is 9.94. The van der Waals surface area contributed by atoms with Crippen molar-refractivity contribution in [3.05, 3.63) is 18.1 Å². The van der Waals surface area contributed by atoms with E-state index in [1.807, 2.05) is 29.6 Å². The number of aryl methyl sites for hydroxylation is 2. The Bertz CT molecular complexity index is 501. The molecule has 5 nitrogen and oxygen atoms in total. The van der Waals surface area contributed by atoms with Crippen molar-refractivity contribution < 1.29 is 0 Å². The first-order valence-electron chi connectivity index (χ1n) is 5.34. The lowest BCUT2D eigenvalue weighted by atomic mass is 10.3. The number of rotatable bonds is 1. The van der Waals surface area contributed by atoms with Crippen molar-refractivity contribution in [1.29, 1.82) is 0 Å². The van der Waals surface area contributed by atoms with Crippen LogP contribution in [0.1, 0.15) is 5.82 Å². The lowest BCUT2D eigenvalue weighted by Crippen LogP contribution is -2.07. The molecule has 1 aliphatic heterocycles. The summed E-state index contributed by atoms with van der Waals surface area (Å²) in [6, 6.07) is 1.98. The second kappa shape index (κ2) is 3.93. The summed E-state index contributed by atoms with van der Waals surface area (Å²) in [5.74, 6) is 4.32. The van der Waals surface area contributed by atoms with Gasteiger partial charge in [-0.3, -0.25) is 4.68 Å². The van der Waals surface area contributed by atoms with Gasteiger partial charge >= 0.3 is 0 Å². The predicted octanol–water partition coefficient (Wildman–Crippen LogP) is 0.968. The van der Waals surface area contributed by atoms with Crippen molar-refractivity contribution in [1.82, 2.24) is 24.5 Å². The topological polar surface area (TPSA) is 48.5 Å². The van der Waals surface area contributed by atoms with Gasteiger partial charge in [-0.25, -0.2) is 0 Å². The van der Waals surface area contributed by atoms with Crippen molar-refractivity contribution in [3.63, 3.8) is 0 Å². The van der Waals surface area contributed by atoms with Crippen molar-refractivity contribution in [3.8, 4) is 11.5 Å². The lowest BCUT2D eigenvalue weighted by Gasteiger charge is -2.06. The SMILES string of the molecule is Cn1nccc1-c1nnc2n1CCSCC2. The number of hydrogen-bond donors (Lipinski definition) is 0. The molecule has 0 saturated carbocycles. The first kappa shape index (κ1) is 9.89. The van der Waals surface area contributed by atoms with Gasteiger partial charge in [-0.2, -0.15) is 16.9 Å². The molecule has 0 bridgehead atoms. The van der Waals surface area contributed by atoms with E-state index < -0.39 is 0 Å². The molecule has 2 aromatic rings. The molecule has 0 amide bonds. The molecule has 0 unspecified atom stereocenters. The second-order valence-electron chi connectivity index (χ2n) is 3.79. The molecule has 16 heavy (non-hydrogen) atoms. The fraction of sp³-hybridized carbons (Fsp3) is 0.500. The van der Waals surface area contributed by atoms with Crippen LogP contribution in [0.25, 0.3) is 11.5 Å². The zero-order chi connectivity index (χ0) is 11.0. The summed E-state index contributed by atoms with van der Waals surface area (Å²) in [5.41, 5.74) is 1.03. The summed E-state index contributed by atoms with van der Waals surface area (Å²) < 4.78 is 4.06. The van der Waals surface area contributed by atoms with E-state index in [0.717, 1.165) is 41.8 Å². The van der Waals surface area contributed by atoms with Gasteiger partial charge in [0.2, 0.25) is 0 Å². The summed E-state index contributed by atoms with van der Waals surface area (Å²) in [7, 11) is 1.93. The number of thioether (sulfide) groups is 1. The van der Waals surface area contributed by atoms with Crippen molar-refractivity contribution >= 4 is 11.8 Å². The summed E-state index contributed by atoms with van der Waals surface area (Å²) in [6.45, 7) is 0.994. The molecular weight excluding hydrogens is 222 g/mol. The quantitative estimate of drug-likeness (QED) is 0.739. The highest BCUT2D eigenvalue weighted by molar-refractivity contribution is 7.99. The molecule has 2 aromatic heterocycles. The van der Waals surface area contributed by atoms with Crippen LogP contribution in [-0.4, -0.2) is 36.1 Å². The third-order valence-corrected chi connectivity index (χ3v) is 3.77. The van der Waals surface area contributed by atoms with Crippen LogP contribution in [-0.2, 0) is 20.0 Å². The minimum Gasteiger partial charge on any atom is -0.309 e. The largest absolute Gasteiger partial charge is 0.309 e. The lowest BCUT2D eigenvalue weighted by molar-refractivity contribution is 0.713. The van der Waals surface area contributed by atoms with Gasteiger partial charge in [0.05, 0.1) is 0 Å². The Kier molecular flexibility index (Phi) is 2.43. The zero-order valence-electron chi connectivity index (χ0n) is 9.13. The average Bonchev–Trinajstić information content (AvgIpc) is 2.78. The molecular formula is C10H13N5S. The van der Waals surface area contributed by atoms with Crippen LogP contribution in [0.15, 0.2) is 12.3 Å². The smallest absolute Gasteiger partial charge is 0.182 e. The fourth-order valence-corrected chi connectivity index (χ4v) is 2.80. The second-order valence-corrected chi connectivity index (χ2v) is 5.02. The van der Waals surface area contributed by atoms with Gasteiger partial charge in [-0.1, -0.05) is 0 Å². The number of nitrogens with zero attached hydrogens (tertiary/aromatic N) is 5. The summed E-state index contributed by atoms with van der Waals surface area (Å²) in [6.07, 6.45) is 2.80. The normalized spacial score (nSPS) is 15.8. The maximum Gasteiger partial charge on any atom is 0.182 e. The van der Waals surface area contributed by atoms with E-state index in [1.165, 1.54) is 0 Å². The Balaban J connectivity index is 2.09. The van der Waals surface area contributed by atoms with Crippen molar-refractivity contribution in [2.75, 3.05) is 11.5 Å². The fourth-order valence-electron chi connectivity index (χ4n) is 1.96. The molecule has 6 heteroatoms.